The molecule has 0 aliphatic carbocycles. The van der Waals surface area contributed by atoms with Gasteiger partial charge in [0.25, 0.3) is 0 Å². The fourth-order valence-corrected chi connectivity index (χ4v) is 21.7. The molecule has 140 heavy (non-hydrogen) atoms. The monoisotopic (exact) mass is 1850 g/mol. The van der Waals surface area contributed by atoms with Gasteiger partial charge in [-0.05, 0) is 204 Å². The molecule has 4 heterocycles. The first-order valence-corrected chi connectivity index (χ1v) is 48.4. The molecule has 26 rings (SSSR count). The van der Waals surface area contributed by atoms with Crippen molar-refractivity contribution in [2.24, 2.45) is 0 Å². The maximum Gasteiger partial charge on any atom is 0.488 e. The lowest BCUT2D eigenvalue weighted by Gasteiger charge is -2.24. The van der Waals surface area contributed by atoms with Gasteiger partial charge in [-0.1, -0.05) is 441 Å². The molecule has 26 aromatic rings. The van der Waals surface area contributed by atoms with Crippen LogP contribution in [0.25, 0.3) is 232 Å². The van der Waals surface area contributed by atoms with Crippen LogP contribution < -0.4 is 5.46 Å². The lowest BCUT2D eigenvalue weighted by molar-refractivity contribution is 0.426. The summed E-state index contributed by atoms with van der Waals surface area (Å²) in [6.45, 7) is 0. The van der Waals surface area contributed by atoms with Crippen LogP contribution >= 0.6 is 15.9 Å². The van der Waals surface area contributed by atoms with Gasteiger partial charge in [0.2, 0.25) is 0 Å². The zero-order chi connectivity index (χ0) is 93.5. The number of nitrogens with zero attached hydrogens (tertiary/aromatic N) is 4. The second-order valence-electron chi connectivity index (χ2n) is 35.5. The maximum absolute atomic E-state index is 9.43. The number of fused-ring (bicyclic) bond motifs is 12. The molecule has 0 aliphatic rings. The van der Waals surface area contributed by atoms with Crippen LogP contribution in [0.15, 0.2) is 538 Å². The quantitative estimate of drug-likeness (QED) is 0.0947. The molecule has 0 atom stereocenters. The van der Waals surface area contributed by atoms with Crippen molar-refractivity contribution in [2.75, 3.05) is 0 Å². The minimum Gasteiger partial charge on any atom is -0.423 e. The molecule has 4 aromatic heterocycles. The lowest BCUT2D eigenvalue weighted by atomic mass is 9.80. The van der Waals surface area contributed by atoms with Crippen LogP contribution in [0.5, 0.6) is 0 Å². The van der Waals surface area contributed by atoms with E-state index >= 15 is 0 Å². The number of benzene rings is 22. The number of hydrogen-bond donors (Lipinski definition) is 2. The zero-order valence-electron chi connectivity index (χ0n) is 76.4. The molecule has 0 spiro atoms. The molecular formula is C132H90BBrN4O2. The van der Waals surface area contributed by atoms with E-state index in [0.717, 1.165) is 65.6 Å². The summed E-state index contributed by atoms with van der Waals surface area (Å²) in [6.07, 6.45) is 0. The third-order valence-electron chi connectivity index (χ3n) is 27.3. The Hall–Kier alpha value is -17.5. The summed E-state index contributed by atoms with van der Waals surface area (Å²) in [6, 6.07) is 192. The van der Waals surface area contributed by atoms with Gasteiger partial charge in [0.15, 0.2) is 0 Å². The molecule has 0 fully saturated rings. The molecule has 22 aromatic carbocycles. The van der Waals surface area contributed by atoms with Crippen LogP contribution in [-0.2, 0) is 0 Å². The predicted octanol–water partition coefficient (Wildman–Crippen LogP) is 34.2. The molecule has 6 nitrogen and oxygen atoms in total. The van der Waals surface area contributed by atoms with E-state index in [9.17, 15) is 10.0 Å². The van der Waals surface area contributed by atoms with Gasteiger partial charge in [0.1, 0.15) is 0 Å². The Bertz CT molecular complexity index is 9080. The van der Waals surface area contributed by atoms with Gasteiger partial charge in [0.05, 0.1) is 44.1 Å². The van der Waals surface area contributed by atoms with E-state index in [0.29, 0.717) is 5.46 Å². The molecule has 0 radical (unpaired) electrons. The lowest BCUT2D eigenvalue weighted by Crippen LogP contribution is -2.29. The third kappa shape index (κ3) is 15.6. The van der Waals surface area contributed by atoms with Crippen molar-refractivity contribution in [2.45, 2.75) is 0 Å². The molecule has 0 bridgehead atoms. The van der Waals surface area contributed by atoms with Crippen LogP contribution in [0, 0.1) is 0 Å². The van der Waals surface area contributed by atoms with Crippen LogP contribution in [0.4, 0.5) is 0 Å². The molecular weight excluding hydrogens is 1760 g/mol. The summed E-state index contributed by atoms with van der Waals surface area (Å²) < 4.78 is 10.7. The van der Waals surface area contributed by atoms with Gasteiger partial charge in [-0.2, -0.15) is 0 Å². The Labute approximate surface area is 821 Å². The number of para-hydroxylation sites is 4. The van der Waals surface area contributed by atoms with Crippen molar-refractivity contribution < 1.29 is 10.0 Å². The van der Waals surface area contributed by atoms with Crippen molar-refractivity contribution in [3.63, 3.8) is 0 Å². The topological polar surface area (TPSA) is 60.2 Å². The first-order valence-electron chi connectivity index (χ1n) is 47.6. The smallest absolute Gasteiger partial charge is 0.423 e. The Morgan fingerprint density at radius 2 is 0.400 bits per heavy atom. The Morgan fingerprint density at radius 3 is 0.757 bits per heavy atom. The average molecular weight is 1850 g/mol. The van der Waals surface area contributed by atoms with E-state index in [2.05, 4.69) is 520 Å². The Balaban J connectivity index is 0.000000128. The molecule has 0 aliphatic heterocycles. The SMILES string of the molecule is Brc1ccc2c(c1)c1c(-c3ccccc3)c(-c3ccccc3)c(-c3ccccc3)c(-c3ccccc3)c1n2-c1cccc(-c2ccccc2)c1.OB(O)c1ccc2c(c1)c1ccccc1n2-c1ccccc1.c1ccc(-c2cccc(-n3c4ccc(-c5ccc6c(c5)c5ccccc5n6-c5ccccc5)cc4c4c(-c5ccccc5)c(-c5ccccc5)c(-c5ccccc5)c(-c5ccccc5)c43)c2)cc1. The Kier molecular flexibility index (Phi) is 22.8. The largest absolute Gasteiger partial charge is 0.488 e. The van der Waals surface area contributed by atoms with Gasteiger partial charge in [-0.25, -0.2) is 0 Å². The highest BCUT2D eigenvalue weighted by atomic mass is 79.9. The first-order chi connectivity index (χ1) is 69.3. The molecule has 0 unspecified atom stereocenters. The van der Waals surface area contributed by atoms with E-state index in [1.54, 1.807) is 6.07 Å². The molecule has 660 valence electrons. The molecule has 0 saturated heterocycles. The van der Waals surface area contributed by atoms with Crippen molar-refractivity contribution >= 4 is 116 Å². The standard InChI is InChI=1S/C66H44N2.C48H32BrN.C18H14BNO2/c1-7-22-45(23-8-1)50-32-21-35-54(42-50)68-60-41-39-52(51-38-40-59-56(43-51)55-36-19-20-37-58(55)67(59)53-33-17-6-18-34-53)44-57(60)65-63(48-28-13-4-14-29-48)61(46-24-9-2-10-25-46)62(47-26-11-3-12-27-47)64(66(65)68)49-30-15-5-16-31-49;49-39-29-30-42-41(32-39)47-45(36-23-12-4-13-24-36)43(34-19-8-2-9-20-34)44(35-21-10-3-11-22-35)46(37-25-14-5-15-26-37)48(47)50(42)40-28-16-27-38(31-40)33-17-6-1-7-18-33;21-19(22)13-10-11-18-16(12-13)15-8-4-5-9-17(15)20(18)14-6-2-1-3-7-14/h1-44H;1-32H;1-12,21-22H. The maximum atomic E-state index is 9.43. The van der Waals surface area contributed by atoms with E-state index in [-0.39, 0.29) is 0 Å². The average Bonchev–Trinajstić information content (AvgIpc) is 1.53. The minimum atomic E-state index is -1.46. The van der Waals surface area contributed by atoms with Crippen molar-refractivity contribution in [1.29, 1.82) is 0 Å². The fourth-order valence-electron chi connectivity index (χ4n) is 21.3. The van der Waals surface area contributed by atoms with Gasteiger partial charge >= 0.3 is 7.12 Å². The summed E-state index contributed by atoms with van der Waals surface area (Å²) in [5.74, 6) is 0. The fraction of sp³-hybridized carbons (Fsp3) is 0. The van der Waals surface area contributed by atoms with E-state index in [1.165, 1.54) is 171 Å². The summed E-state index contributed by atoms with van der Waals surface area (Å²) in [4.78, 5) is 0. The number of rotatable bonds is 16. The predicted molar refractivity (Wildman–Crippen MR) is 594 cm³/mol. The highest BCUT2D eigenvalue weighted by Gasteiger charge is 2.33. The van der Waals surface area contributed by atoms with Crippen LogP contribution in [0.3, 0.4) is 0 Å². The van der Waals surface area contributed by atoms with Crippen LogP contribution in [0.1, 0.15) is 0 Å². The van der Waals surface area contributed by atoms with Crippen molar-refractivity contribution in [1.82, 2.24) is 18.3 Å². The molecule has 0 saturated carbocycles. The molecule has 8 heteroatoms. The Morgan fingerprint density at radius 1 is 0.157 bits per heavy atom. The van der Waals surface area contributed by atoms with Crippen molar-refractivity contribution in [3.8, 4) is 145 Å². The zero-order valence-corrected chi connectivity index (χ0v) is 78.0. The van der Waals surface area contributed by atoms with E-state index in [4.69, 9.17) is 0 Å². The van der Waals surface area contributed by atoms with Gasteiger partial charge in [0, 0.05) is 104 Å². The summed E-state index contributed by atoms with van der Waals surface area (Å²) in [5.41, 5.74) is 40.4. The van der Waals surface area contributed by atoms with Crippen LogP contribution in [-0.4, -0.2) is 35.4 Å². The van der Waals surface area contributed by atoms with Gasteiger partial charge < -0.3 is 28.3 Å². The molecule has 0 amide bonds. The first kappa shape index (κ1) is 85.4. The van der Waals surface area contributed by atoms with Crippen molar-refractivity contribution in [3.05, 3.63) is 538 Å². The van der Waals surface area contributed by atoms with E-state index < -0.39 is 7.12 Å². The highest BCUT2D eigenvalue weighted by molar-refractivity contribution is 9.10. The summed E-state index contributed by atoms with van der Waals surface area (Å²) >= 11 is 3.88. The second-order valence-corrected chi connectivity index (χ2v) is 36.4. The normalized spacial score (nSPS) is 11.4. The van der Waals surface area contributed by atoms with Crippen LogP contribution in [0.2, 0.25) is 0 Å². The van der Waals surface area contributed by atoms with Gasteiger partial charge in [-0.3, -0.25) is 0 Å². The second kappa shape index (κ2) is 37.3. The number of hydrogen-bond acceptors (Lipinski definition) is 2. The molecule has 2 N–H and O–H groups in total. The highest BCUT2D eigenvalue weighted by Crippen LogP contribution is 2.58. The number of halogens is 1. The number of aromatic nitrogens is 4. The third-order valence-corrected chi connectivity index (χ3v) is 27.8. The summed E-state index contributed by atoms with van der Waals surface area (Å²) in [7, 11) is -1.46. The summed E-state index contributed by atoms with van der Waals surface area (Å²) in [5, 5.41) is 28.3. The van der Waals surface area contributed by atoms with Gasteiger partial charge in [-0.15, -0.1) is 0 Å². The minimum absolute atomic E-state index is 0.503. The van der Waals surface area contributed by atoms with E-state index in [1.807, 2.05) is 42.5 Å².